The molecular weight excluding hydrogens is 600 g/mol. The first-order valence-electron chi connectivity index (χ1n) is 17.8. The first kappa shape index (κ1) is 34.5. The molecule has 0 bridgehead atoms. The molecule has 3 saturated heterocycles. The van der Waals surface area contributed by atoms with Crippen LogP contribution in [-0.2, 0) is 52.2 Å². The predicted octanol–water partition coefficient (Wildman–Crippen LogP) is 3.36. The summed E-state index contributed by atoms with van der Waals surface area (Å²) < 4.78 is 50.6. The number of aliphatic hydroxyl groups is 1. The monoisotopic (exact) mass is 654 g/mol. The van der Waals surface area contributed by atoms with Crippen LogP contribution in [0, 0.1) is 35.5 Å². The van der Waals surface area contributed by atoms with Gasteiger partial charge in [-0.2, -0.15) is 0 Å². The van der Waals surface area contributed by atoms with Crippen LogP contribution < -0.4 is 0 Å². The number of aliphatic hydroxyl groups excluding tert-OH is 1. The van der Waals surface area contributed by atoms with Gasteiger partial charge < -0.3 is 47.7 Å². The number of ether oxygens (including phenoxy) is 9. The summed E-state index contributed by atoms with van der Waals surface area (Å²) in [6.07, 6.45) is 10.1. The van der Waals surface area contributed by atoms with Crippen LogP contribution in [0.2, 0.25) is 0 Å². The van der Waals surface area contributed by atoms with E-state index in [1.165, 1.54) is 0 Å². The molecule has 1 N–H and O–H groups in total. The molecule has 12 heteroatoms. The molecule has 3 aliphatic heterocycles. The van der Waals surface area contributed by atoms with Crippen molar-refractivity contribution in [3.63, 3.8) is 0 Å². The molecule has 6 rings (SSSR count). The molecule has 12 nitrogen and oxygen atoms in total. The molecule has 6 fully saturated rings. The Balaban J connectivity index is 0.908. The maximum atomic E-state index is 12.4. The van der Waals surface area contributed by atoms with Gasteiger partial charge in [0.05, 0.1) is 58.1 Å². The largest absolute Gasteiger partial charge is 0.463 e. The Morgan fingerprint density at radius 3 is 1.28 bits per heavy atom. The lowest BCUT2D eigenvalue weighted by atomic mass is 9.82. The van der Waals surface area contributed by atoms with Crippen LogP contribution >= 0.6 is 0 Å². The Hall–Kier alpha value is -1.38. The van der Waals surface area contributed by atoms with Gasteiger partial charge in [-0.05, 0) is 94.8 Å². The van der Waals surface area contributed by atoms with E-state index in [2.05, 4.69) is 0 Å². The molecule has 4 unspecified atom stereocenters. The number of carbonyl (C=O) groups is 2. The lowest BCUT2D eigenvalue weighted by molar-refractivity contribution is -0.301. The fourth-order valence-electron chi connectivity index (χ4n) is 6.98. The number of hydrogen-bond donors (Lipinski definition) is 1. The van der Waals surface area contributed by atoms with Crippen molar-refractivity contribution in [1.82, 2.24) is 0 Å². The maximum absolute atomic E-state index is 12.4. The smallest absolute Gasteiger partial charge is 0.309 e. The van der Waals surface area contributed by atoms with Crippen LogP contribution in [0.5, 0.6) is 0 Å². The molecule has 262 valence electrons. The zero-order valence-corrected chi connectivity index (χ0v) is 27.1. The summed E-state index contributed by atoms with van der Waals surface area (Å²) in [5.41, 5.74) is 0. The molecule has 3 heterocycles. The lowest BCUT2D eigenvalue weighted by Crippen LogP contribution is -2.33. The summed E-state index contributed by atoms with van der Waals surface area (Å²) in [4.78, 5) is 24.8. The molecule has 0 amide bonds. The molecule has 0 aromatic carbocycles. The third-order valence-electron chi connectivity index (χ3n) is 10.5. The van der Waals surface area contributed by atoms with Gasteiger partial charge in [-0.15, -0.1) is 0 Å². The molecule has 6 aliphatic rings. The van der Waals surface area contributed by atoms with Crippen molar-refractivity contribution in [2.45, 2.75) is 108 Å². The summed E-state index contributed by atoms with van der Waals surface area (Å²) in [5.74, 6) is 0.881. The van der Waals surface area contributed by atoms with Crippen molar-refractivity contribution in [3.05, 3.63) is 0 Å². The lowest BCUT2D eigenvalue weighted by Gasteiger charge is -2.33. The van der Waals surface area contributed by atoms with E-state index in [4.69, 9.17) is 42.6 Å². The highest BCUT2D eigenvalue weighted by Crippen LogP contribution is 2.34. The number of epoxide rings is 3. The molecule has 3 aliphatic carbocycles. The second-order valence-electron chi connectivity index (χ2n) is 14.4. The van der Waals surface area contributed by atoms with E-state index in [0.29, 0.717) is 70.6 Å². The van der Waals surface area contributed by atoms with Gasteiger partial charge in [-0.1, -0.05) is 0 Å². The number of hydrogen-bond acceptors (Lipinski definition) is 12. The second-order valence-corrected chi connectivity index (χ2v) is 14.4. The van der Waals surface area contributed by atoms with Crippen molar-refractivity contribution in [2.75, 3.05) is 59.5 Å². The Bertz CT molecular complexity index is 876. The zero-order chi connectivity index (χ0) is 31.7. The van der Waals surface area contributed by atoms with Crippen molar-refractivity contribution in [3.8, 4) is 0 Å². The summed E-state index contributed by atoms with van der Waals surface area (Å²) in [5, 5.41) is 10.4. The van der Waals surface area contributed by atoms with E-state index >= 15 is 0 Å². The zero-order valence-electron chi connectivity index (χ0n) is 27.1. The van der Waals surface area contributed by atoms with Crippen molar-refractivity contribution in [2.24, 2.45) is 35.5 Å². The third kappa shape index (κ3) is 11.6. The Labute approximate surface area is 272 Å². The molecule has 46 heavy (non-hydrogen) atoms. The molecule has 4 atom stereocenters. The highest BCUT2D eigenvalue weighted by Gasteiger charge is 2.34. The normalized spacial score (nSPS) is 36.8. The van der Waals surface area contributed by atoms with E-state index < -0.39 is 12.8 Å². The second kappa shape index (κ2) is 17.3. The van der Waals surface area contributed by atoms with Crippen LogP contribution in [0.4, 0.5) is 0 Å². The van der Waals surface area contributed by atoms with E-state index in [1.54, 1.807) is 0 Å². The van der Waals surface area contributed by atoms with Gasteiger partial charge in [0.1, 0.15) is 31.5 Å². The van der Waals surface area contributed by atoms with Crippen LogP contribution in [0.25, 0.3) is 0 Å². The Morgan fingerprint density at radius 1 is 0.522 bits per heavy atom. The topological polar surface area (TPSA) is 147 Å². The van der Waals surface area contributed by atoms with Crippen LogP contribution in [-0.4, -0.2) is 108 Å². The molecule has 0 aromatic heterocycles. The summed E-state index contributed by atoms with van der Waals surface area (Å²) in [6.45, 7) is 4.11. The van der Waals surface area contributed by atoms with Gasteiger partial charge in [0.25, 0.3) is 6.48 Å². The SMILES string of the molecule is O=C(OCC1CO1)C1CCC(COC(OCC2CCC(C(=O)OCC3CO3)CC2)OCC2CCC(C(O)OCC3CO3)CC2)CC1. The molecular formula is C34H54O12. The van der Waals surface area contributed by atoms with Crippen molar-refractivity contribution < 1.29 is 57.3 Å². The minimum absolute atomic E-state index is 0.0474. The maximum Gasteiger partial charge on any atom is 0.309 e. The third-order valence-corrected chi connectivity index (χ3v) is 10.5. The first-order valence-corrected chi connectivity index (χ1v) is 17.8. The van der Waals surface area contributed by atoms with E-state index in [1.807, 2.05) is 0 Å². The molecule has 0 radical (unpaired) electrons. The minimum Gasteiger partial charge on any atom is -0.463 e. The van der Waals surface area contributed by atoms with Crippen molar-refractivity contribution >= 4 is 11.9 Å². The average Bonchev–Trinajstić information content (AvgIpc) is 3.93. The average molecular weight is 655 g/mol. The van der Waals surface area contributed by atoms with E-state index in [-0.39, 0.29) is 48.0 Å². The summed E-state index contributed by atoms with van der Waals surface area (Å²) in [6, 6.07) is 0. The number of esters is 2. The van der Waals surface area contributed by atoms with Crippen molar-refractivity contribution in [1.29, 1.82) is 0 Å². The fraction of sp³-hybridized carbons (Fsp3) is 0.941. The quantitative estimate of drug-likeness (QED) is 0.124. The fourth-order valence-corrected chi connectivity index (χ4v) is 6.98. The predicted molar refractivity (Wildman–Crippen MR) is 161 cm³/mol. The standard InChI is InChI=1S/C34H54O12/c35-31(41-19-28-16-38-28)25-7-1-22(2-8-25)13-44-34(45-14-23-3-9-26(10-4-23)32(36)42-20-29-17-39-29)46-15-24-5-11-27(12-6-24)33(37)43-21-30-18-40-30/h22-31,34-35H,1-21H2. The van der Waals surface area contributed by atoms with E-state index in [0.717, 1.165) is 83.7 Å². The van der Waals surface area contributed by atoms with Gasteiger partial charge in [0.15, 0.2) is 6.29 Å². The van der Waals surface area contributed by atoms with Crippen LogP contribution in [0.15, 0.2) is 0 Å². The molecule has 3 saturated carbocycles. The van der Waals surface area contributed by atoms with Gasteiger partial charge >= 0.3 is 11.9 Å². The summed E-state index contributed by atoms with van der Waals surface area (Å²) >= 11 is 0. The minimum atomic E-state index is -0.757. The number of carbonyl (C=O) groups excluding carboxylic acids is 2. The van der Waals surface area contributed by atoms with E-state index in [9.17, 15) is 14.7 Å². The Morgan fingerprint density at radius 2 is 0.891 bits per heavy atom. The van der Waals surface area contributed by atoms with Gasteiger partial charge in [-0.25, -0.2) is 0 Å². The van der Waals surface area contributed by atoms with Gasteiger partial charge in [0, 0.05) is 5.92 Å². The molecule has 0 aromatic rings. The summed E-state index contributed by atoms with van der Waals surface area (Å²) in [7, 11) is 0. The molecule has 0 spiro atoms. The van der Waals surface area contributed by atoms with Gasteiger partial charge in [0.2, 0.25) is 0 Å². The Kier molecular flexibility index (Phi) is 13.0. The highest BCUT2D eigenvalue weighted by molar-refractivity contribution is 5.73. The van der Waals surface area contributed by atoms with Crippen LogP contribution in [0.1, 0.15) is 77.0 Å². The highest BCUT2D eigenvalue weighted by atomic mass is 16.8. The first-order chi connectivity index (χ1) is 22.5. The van der Waals surface area contributed by atoms with Crippen LogP contribution in [0.3, 0.4) is 0 Å². The number of rotatable bonds is 19. The van der Waals surface area contributed by atoms with Gasteiger partial charge in [-0.3, -0.25) is 9.59 Å².